The fraction of sp³-hybridized carbons (Fsp3) is 0.400. The van der Waals surface area contributed by atoms with Gasteiger partial charge in [0.1, 0.15) is 17.8 Å². The minimum Gasteiger partial charge on any atom is -0.347 e. The van der Waals surface area contributed by atoms with E-state index in [2.05, 4.69) is 15.3 Å². The molecule has 3 rings (SSSR count). The first-order valence-electron chi connectivity index (χ1n) is 7.56. The van der Waals surface area contributed by atoms with Crippen molar-refractivity contribution in [1.82, 2.24) is 24.2 Å². The van der Waals surface area contributed by atoms with E-state index in [1.807, 2.05) is 13.0 Å². The van der Waals surface area contributed by atoms with Crippen molar-refractivity contribution < 1.29 is 13.2 Å². The number of hydrogen-bond acceptors (Lipinski definition) is 5. The van der Waals surface area contributed by atoms with Gasteiger partial charge in [0, 0.05) is 31.5 Å². The summed E-state index contributed by atoms with van der Waals surface area (Å²) in [5.41, 5.74) is 1.21. The minimum absolute atomic E-state index is 0.203. The first-order valence-corrected chi connectivity index (χ1v) is 9.41. The summed E-state index contributed by atoms with van der Waals surface area (Å²) in [6.07, 6.45) is 6.78. The number of imidazole rings is 1. The number of nitrogens with one attached hydrogen (secondary N) is 1. The van der Waals surface area contributed by atoms with Crippen LogP contribution in [-0.4, -0.2) is 58.6 Å². The second-order valence-electron chi connectivity index (χ2n) is 5.94. The van der Waals surface area contributed by atoms with Crippen LogP contribution in [0.1, 0.15) is 22.5 Å². The first kappa shape index (κ1) is 16.6. The molecule has 0 spiro atoms. The molecule has 0 unspecified atom stereocenters. The molecule has 0 aromatic carbocycles. The first-order chi connectivity index (χ1) is 11.3. The van der Waals surface area contributed by atoms with Gasteiger partial charge in [0.25, 0.3) is 5.91 Å². The number of aromatic nitrogens is 3. The molecule has 0 aliphatic carbocycles. The average Bonchev–Trinajstić information content (AvgIpc) is 3.17. The summed E-state index contributed by atoms with van der Waals surface area (Å²) < 4.78 is 26.2. The second-order valence-corrected chi connectivity index (χ2v) is 7.92. The lowest BCUT2D eigenvalue weighted by molar-refractivity contribution is 0.0934. The Bertz CT molecular complexity index is 848. The normalized spacial score (nSPS) is 18.7. The van der Waals surface area contributed by atoms with E-state index in [9.17, 15) is 13.2 Å². The van der Waals surface area contributed by atoms with Crippen LogP contribution in [0.5, 0.6) is 0 Å². The van der Waals surface area contributed by atoms with Gasteiger partial charge in [-0.1, -0.05) is 0 Å². The van der Waals surface area contributed by atoms with E-state index in [-0.39, 0.29) is 11.9 Å². The van der Waals surface area contributed by atoms with Crippen LogP contribution in [0.3, 0.4) is 0 Å². The highest BCUT2D eigenvalue weighted by Crippen LogP contribution is 2.14. The smallest absolute Gasteiger partial charge is 0.270 e. The van der Waals surface area contributed by atoms with Crippen LogP contribution in [0, 0.1) is 6.92 Å². The molecule has 3 heterocycles. The molecule has 0 saturated carbocycles. The molecule has 1 saturated heterocycles. The van der Waals surface area contributed by atoms with Crippen molar-refractivity contribution in [3.8, 4) is 5.82 Å². The van der Waals surface area contributed by atoms with Crippen LogP contribution in [0.15, 0.2) is 30.9 Å². The monoisotopic (exact) mass is 349 g/mol. The van der Waals surface area contributed by atoms with E-state index in [0.717, 1.165) is 5.56 Å². The quantitative estimate of drug-likeness (QED) is 0.858. The van der Waals surface area contributed by atoms with Crippen LogP contribution in [-0.2, 0) is 10.0 Å². The molecule has 24 heavy (non-hydrogen) atoms. The maximum absolute atomic E-state index is 12.5. The van der Waals surface area contributed by atoms with E-state index in [0.29, 0.717) is 31.0 Å². The van der Waals surface area contributed by atoms with Gasteiger partial charge in [0.05, 0.1) is 6.26 Å². The molecule has 1 amide bonds. The Kier molecular flexibility index (Phi) is 4.37. The number of rotatable bonds is 4. The number of aryl methyl sites for hydroxylation is 1. The summed E-state index contributed by atoms with van der Waals surface area (Å²) >= 11 is 0. The van der Waals surface area contributed by atoms with Crippen LogP contribution in [0.4, 0.5) is 0 Å². The lowest BCUT2D eigenvalue weighted by atomic mass is 10.2. The van der Waals surface area contributed by atoms with E-state index in [1.165, 1.54) is 10.6 Å². The van der Waals surface area contributed by atoms with E-state index in [1.54, 1.807) is 29.4 Å². The lowest BCUT2D eigenvalue weighted by Crippen LogP contribution is -2.38. The summed E-state index contributed by atoms with van der Waals surface area (Å²) in [6, 6.07) is 3.37. The Hall–Kier alpha value is -2.26. The van der Waals surface area contributed by atoms with Crippen LogP contribution < -0.4 is 5.32 Å². The van der Waals surface area contributed by atoms with Crippen LogP contribution in [0.25, 0.3) is 5.82 Å². The third-order valence-corrected chi connectivity index (χ3v) is 5.18. The van der Waals surface area contributed by atoms with E-state index < -0.39 is 10.0 Å². The molecule has 0 radical (unpaired) electrons. The summed E-state index contributed by atoms with van der Waals surface area (Å²) in [5.74, 6) is 0.308. The van der Waals surface area contributed by atoms with Crippen molar-refractivity contribution in [2.24, 2.45) is 0 Å². The lowest BCUT2D eigenvalue weighted by Gasteiger charge is -2.15. The van der Waals surface area contributed by atoms with Gasteiger partial charge < -0.3 is 5.32 Å². The highest BCUT2D eigenvalue weighted by molar-refractivity contribution is 7.88. The predicted octanol–water partition coefficient (Wildman–Crippen LogP) is 0.339. The molecule has 1 aliphatic heterocycles. The molecule has 2 aromatic rings. The Labute approximate surface area is 140 Å². The average molecular weight is 349 g/mol. The summed E-state index contributed by atoms with van der Waals surface area (Å²) in [5, 5.41) is 2.86. The number of sulfonamides is 1. The highest BCUT2D eigenvalue weighted by atomic mass is 32.2. The van der Waals surface area contributed by atoms with Crippen molar-refractivity contribution >= 4 is 15.9 Å². The zero-order chi connectivity index (χ0) is 17.3. The minimum atomic E-state index is -3.22. The number of hydrogen-bond donors (Lipinski definition) is 1. The Morgan fingerprint density at radius 2 is 2.17 bits per heavy atom. The molecule has 128 valence electrons. The van der Waals surface area contributed by atoms with Crippen LogP contribution in [0.2, 0.25) is 0 Å². The number of carbonyl (C=O) groups excluding carboxylic acids is 1. The van der Waals surface area contributed by atoms with Gasteiger partial charge in [-0.2, -0.15) is 0 Å². The molecule has 9 heteroatoms. The van der Waals surface area contributed by atoms with Crippen molar-refractivity contribution in [3.05, 3.63) is 42.1 Å². The van der Waals surface area contributed by atoms with Crippen molar-refractivity contribution in [2.75, 3.05) is 19.3 Å². The number of nitrogens with zero attached hydrogens (tertiary/aromatic N) is 4. The van der Waals surface area contributed by atoms with Gasteiger partial charge in [-0.25, -0.2) is 22.7 Å². The van der Waals surface area contributed by atoms with Gasteiger partial charge in [-0.3, -0.25) is 9.36 Å². The fourth-order valence-corrected chi connectivity index (χ4v) is 3.59. The van der Waals surface area contributed by atoms with Crippen molar-refractivity contribution in [3.63, 3.8) is 0 Å². The summed E-state index contributed by atoms with van der Waals surface area (Å²) in [4.78, 5) is 20.8. The van der Waals surface area contributed by atoms with Crippen LogP contribution >= 0.6 is 0 Å². The SMILES string of the molecule is Cc1cc(C(=O)N[C@@H]2CCN(S(C)(=O)=O)C2)nc(-n2ccnc2)c1. The number of amides is 1. The molecule has 1 N–H and O–H groups in total. The maximum Gasteiger partial charge on any atom is 0.270 e. The van der Waals surface area contributed by atoms with Gasteiger partial charge in [0.15, 0.2) is 0 Å². The third-order valence-electron chi connectivity index (χ3n) is 3.91. The molecule has 8 nitrogen and oxygen atoms in total. The Balaban J connectivity index is 1.74. The van der Waals surface area contributed by atoms with Gasteiger partial charge >= 0.3 is 0 Å². The van der Waals surface area contributed by atoms with E-state index in [4.69, 9.17) is 0 Å². The van der Waals surface area contributed by atoms with Crippen molar-refractivity contribution in [2.45, 2.75) is 19.4 Å². The number of pyridine rings is 1. The molecular weight excluding hydrogens is 330 g/mol. The predicted molar refractivity (Wildman–Crippen MR) is 88.4 cm³/mol. The molecule has 1 fully saturated rings. The topological polar surface area (TPSA) is 97.2 Å². The zero-order valence-corrected chi connectivity index (χ0v) is 14.3. The number of carbonyl (C=O) groups is 1. The standard InChI is InChI=1S/C15H19N5O3S/c1-11-7-13(18-14(8-11)19-6-4-16-10-19)15(21)17-12-3-5-20(9-12)24(2,22)23/h4,6-8,10,12H,3,5,9H2,1-2H3,(H,17,21)/t12-/m1/s1. The molecule has 2 aromatic heterocycles. The largest absolute Gasteiger partial charge is 0.347 e. The van der Waals surface area contributed by atoms with Gasteiger partial charge in [-0.05, 0) is 31.0 Å². The van der Waals surface area contributed by atoms with E-state index >= 15 is 0 Å². The molecule has 1 atom stereocenters. The van der Waals surface area contributed by atoms with Gasteiger partial charge in [0.2, 0.25) is 10.0 Å². The van der Waals surface area contributed by atoms with Gasteiger partial charge in [-0.15, -0.1) is 0 Å². The summed E-state index contributed by atoms with van der Waals surface area (Å²) in [6.45, 7) is 2.61. The Morgan fingerprint density at radius 1 is 1.38 bits per heavy atom. The third kappa shape index (κ3) is 3.62. The zero-order valence-electron chi connectivity index (χ0n) is 13.5. The molecular formula is C15H19N5O3S. The maximum atomic E-state index is 12.5. The Morgan fingerprint density at radius 3 is 2.79 bits per heavy atom. The highest BCUT2D eigenvalue weighted by Gasteiger charge is 2.29. The fourth-order valence-electron chi connectivity index (χ4n) is 2.70. The molecule has 0 bridgehead atoms. The second kappa shape index (κ2) is 6.33. The van der Waals surface area contributed by atoms with Crippen molar-refractivity contribution in [1.29, 1.82) is 0 Å². The summed E-state index contributed by atoms with van der Waals surface area (Å²) in [7, 11) is -3.22. The molecule has 1 aliphatic rings.